The molecule has 2 atom stereocenters. The summed E-state index contributed by atoms with van der Waals surface area (Å²) >= 11 is 0. The minimum absolute atomic E-state index is 0.0376. The van der Waals surface area contributed by atoms with E-state index in [1.165, 1.54) is 12.1 Å². The molecule has 4 rings (SSSR count). The van der Waals surface area contributed by atoms with Crippen molar-refractivity contribution in [3.8, 4) is 16.9 Å². The summed E-state index contributed by atoms with van der Waals surface area (Å²) in [6.07, 6.45) is -1.70. The average Bonchev–Trinajstić information content (AvgIpc) is 2.82. The molecule has 8 heteroatoms. The van der Waals surface area contributed by atoms with E-state index in [1.54, 1.807) is 12.1 Å². The van der Waals surface area contributed by atoms with E-state index in [9.17, 15) is 26.3 Å². The van der Waals surface area contributed by atoms with Crippen LogP contribution in [0.2, 0.25) is 0 Å². The first-order chi connectivity index (χ1) is 16.6. The molecule has 35 heavy (non-hydrogen) atoms. The van der Waals surface area contributed by atoms with E-state index in [1.807, 2.05) is 18.2 Å². The Morgan fingerprint density at radius 3 is 2.11 bits per heavy atom. The van der Waals surface area contributed by atoms with Gasteiger partial charge in [0.25, 0.3) is 0 Å². The van der Waals surface area contributed by atoms with Crippen LogP contribution in [0.1, 0.15) is 35.6 Å². The number of benzene rings is 3. The van der Waals surface area contributed by atoms with Crippen LogP contribution in [0.25, 0.3) is 11.1 Å². The Hall–Kier alpha value is -3.26. The number of ether oxygens (including phenoxy) is 2. The topological polar surface area (TPSA) is 18.5 Å². The maximum Gasteiger partial charge on any atom is 0.573 e. The fourth-order valence-electron chi connectivity index (χ4n) is 4.12. The minimum atomic E-state index is -5.05. The van der Waals surface area contributed by atoms with Gasteiger partial charge in [0, 0.05) is 17.9 Å². The highest BCUT2D eigenvalue weighted by Gasteiger charge is 2.32. The van der Waals surface area contributed by atoms with Gasteiger partial charge in [0.2, 0.25) is 0 Å². The summed E-state index contributed by atoms with van der Waals surface area (Å²) in [5, 5.41) is 0. The molecule has 1 aliphatic rings. The second kappa shape index (κ2) is 10.2. The van der Waals surface area contributed by atoms with E-state index >= 15 is 0 Å². The van der Waals surface area contributed by atoms with Crippen LogP contribution in [-0.4, -0.2) is 13.0 Å². The fourth-order valence-corrected chi connectivity index (χ4v) is 4.12. The highest BCUT2D eigenvalue weighted by Crippen LogP contribution is 2.33. The minimum Gasteiger partial charge on any atom is -0.403 e. The van der Waals surface area contributed by atoms with Gasteiger partial charge in [-0.1, -0.05) is 36.4 Å². The van der Waals surface area contributed by atoms with Crippen molar-refractivity contribution in [3.05, 3.63) is 101 Å². The molecule has 0 aliphatic carbocycles. The molecule has 0 amide bonds. The van der Waals surface area contributed by atoms with Crippen LogP contribution >= 0.6 is 0 Å². The molecular formula is C27H22F6O2. The van der Waals surface area contributed by atoms with Crippen molar-refractivity contribution < 1.29 is 35.8 Å². The van der Waals surface area contributed by atoms with E-state index in [-0.39, 0.29) is 23.7 Å². The standard InChI is InChI=1S/C27H22F6O2/c1-2-16-3-9-25(34-15-16)19-7-5-18(6-8-19)20-13-22(28)21(23(29)14-20)11-17-4-10-26(24(30)12-17)35-27(31,32)33/h2,4-8,10,12-14,16,25H,1,3,9,11,15H2. The molecule has 0 N–H and O–H groups in total. The highest BCUT2D eigenvalue weighted by molar-refractivity contribution is 5.64. The largest absolute Gasteiger partial charge is 0.573 e. The normalized spacial score (nSPS) is 18.3. The third-order valence-electron chi connectivity index (χ3n) is 6.00. The van der Waals surface area contributed by atoms with Crippen molar-refractivity contribution in [3.63, 3.8) is 0 Å². The molecule has 1 fully saturated rings. The Morgan fingerprint density at radius 1 is 0.886 bits per heavy atom. The molecule has 3 aromatic carbocycles. The molecule has 2 nitrogen and oxygen atoms in total. The maximum absolute atomic E-state index is 14.8. The Morgan fingerprint density at radius 2 is 1.57 bits per heavy atom. The smallest absolute Gasteiger partial charge is 0.403 e. The van der Waals surface area contributed by atoms with Gasteiger partial charge in [-0.25, -0.2) is 13.2 Å². The van der Waals surface area contributed by atoms with E-state index in [4.69, 9.17) is 4.74 Å². The second-order valence-electron chi connectivity index (χ2n) is 8.42. The van der Waals surface area contributed by atoms with Crippen molar-refractivity contribution in [2.45, 2.75) is 31.7 Å². The predicted octanol–water partition coefficient (Wildman–Crippen LogP) is 7.91. The Kier molecular flexibility index (Phi) is 7.21. The first kappa shape index (κ1) is 24.9. The molecular weight excluding hydrogens is 470 g/mol. The summed E-state index contributed by atoms with van der Waals surface area (Å²) in [6, 6.07) is 12.3. The van der Waals surface area contributed by atoms with Gasteiger partial charge in [-0.3, -0.25) is 0 Å². The summed E-state index contributed by atoms with van der Waals surface area (Å²) in [7, 11) is 0. The lowest BCUT2D eigenvalue weighted by atomic mass is 9.93. The number of alkyl halides is 3. The molecule has 0 saturated carbocycles. The van der Waals surface area contributed by atoms with Crippen LogP contribution in [0.4, 0.5) is 26.3 Å². The summed E-state index contributed by atoms with van der Waals surface area (Å²) < 4.78 is 89.9. The van der Waals surface area contributed by atoms with Crippen molar-refractivity contribution in [2.24, 2.45) is 5.92 Å². The van der Waals surface area contributed by atoms with Crippen LogP contribution in [0.3, 0.4) is 0 Å². The van der Waals surface area contributed by atoms with Crippen molar-refractivity contribution >= 4 is 0 Å². The molecule has 1 heterocycles. The molecule has 0 spiro atoms. The van der Waals surface area contributed by atoms with Crippen molar-refractivity contribution in [1.82, 2.24) is 0 Å². The lowest BCUT2D eigenvalue weighted by molar-refractivity contribution is -0.275. The zero-order valence-corrected chi connectivity index (χ0v) is 18.5. The molecule has 184 valence electrons. The van der Waals surface area contributed by atoms with Gasteiger partial charge in [0.1, 0.15) is 11.6 Å². The third-order valence-corrected chi connectivity index (χ3v) is 6.00. The van der Waals surface area contributed by atoms with Crippen LogP contribution in [0.15, 0.2) is 67.3 Å². The summed E-state index contributed by atoms with van der Waals surface area (Å²) in [4.78, 5) is 0. The first-order valence-electron chi connectivity index (χ1n) is 11.0. The predicted molar refractivity (Wildman–Crippen MR) is 119 cm³/mol. The molecule has 2 unspecified atom stereocenters. The summed E-state index contributed by atoms with van der Waals surface area (Å²) in [6.45, 7) is 4.40. The number of halogens is 6. The van der Waals surface area contributed by atoms with Gasteiger partial charge >= 0.3 is 6.36 Å². The first-order valence-corrected chi connectivity index (χ1v) is 11.0. The Labute approximate surface area is 198 Å². The molecule has 0 bridgehead atoms. The van der Waals surface area contributed by atoms with E-state index < -0.39 is 29.6 Å². The van der Waals surface area contributed by atoms with Gasteiger partial charge in [-0.15, -0.1) is 19.8 Å². The SMILES string of the molecule is C=CC1CCC(c2ccc(-c3cc(F)c(Cc4ccc(OC(F)(F)F)c(F)c4)c(F)c3)cc2)OC1. The van der Waals surface area contributed by atoms with Crippen LogP contribution < -0.4 is 4.74 Å². The van der Waals surface area contributed by atoms with Gasteiger partial charge in [0.15, 0.2) is 11.6 Å². The number of hydrogen-bond acceptors (Lipinski definition) is 2. The second-order valence-corrected chi connectivity index (χ2v) is 8.42. The summed E-state index contributed by atoms with van der Waals surface area (Å²) in [5.74, 6) is -3.63. The van der Waals surface area contributed by atoms with Crippen LogP contribution in [-0.2, 0) is 11.2 Å². The Balaban J connectivity index is 1.49. The molecule has 0 aromatic heterocycles. The average molecular weight is 492 g/mol. The number of rotatable bonds is 6. The van der Waals surface area contributed by atoms with Crippen LogP contribution in [0.5, 0.6) is 5.75 Å². The molecule has 1 aliphatic heterocycles. The zero-order chi connectivity index (χ0) is 25.2. The third kappa shape index (κ3) is 6.06. The van der Waals surface area contributed by atoms with Gasteiger partial charge in [-0.2, -0.15) is 0 Å². The maximum atomic E-state index is 14.8. The zero-order valence-electron chi connectivity index (χ0n) is 18.5. The molecule has 0 radical (unpaired) electrons. The lowest BCUT2D eigenvalue weighted by Crippen LogP contribution is -2.19. The summed E-state index contributed by atoms with van der Waals surface area (Å²) in [5.41, 5.74) is 1.69. The lowest BCUT2D eigenvalue weighted by Gasteiger charge is -2.27. The molecule has 1 saturated heterocycles. The van der Waals surface area contributed by atoms with Gasteiger partial charge in [-0.05, 0) is 59.4 Å². The Bertz CT molecular complexity index is 1170. The number of hydrogen-bond donors (Lipinski definition) is 0. The monoisotopic (exact) mass is 492 g/mol. The quantitative estimate of drug-likeness (QED) is 0.257. The van der Waals surface area contributed by atoms with E-state index in [0.717, 1.165) is 36.6 Å². The van der Waals surface area contributed by atoms with E-state index in [2.05, 4.69) is 11.3 Å². The van der Waals surface area contributed by atoms with Gasteiger partial charge in [0.05, 0.1) is 12.7 Å². The highest BCUT2D eigenvalue weighted by atomic mass is 19.4. The van der Waals surface area contributed by atoms with Gasteiger partial charge < -0.3 is 9.47 Å². The van der Waals surface area contributed by atoms with Crippen molar-refractivity contribution in [1.29, 1.82) is 0 Å². The van der Waals surface area contributed by atoms with E-state index in [0.29, 0.717) is 23.7 Å². The van der Waals surface area contributed by atoms with Crippen molar-refractivity contribution in [2.75, 3.05) is 6.61 Å². The molecule has 3 aromatic rings. The van der Waals surface area contributed by atoms with Crippen LogP contribution in [0, 0.1) is 23.4 Å². The fraction of sp³-hybridized carbons (Fsp3) is 0.259.